The van der Waals surface area contributed by atoms with Gasteiger partial charge in [-0.15, -0.1) is 0 Å². The van der Waals surface area contributed by atoms with Gasteiger partial charge in [-0.25, -0.2) is 0 Å². The summed E-state index contributed by atoms with van der Waals surface area (Å²) in [5, 5.41) is 8.68. The fourth-order valence-corrected chi connectivity index (χ4v) is 3.77. The van der Waals surface area contributed by atoms with E-state index < -0.39 is 17.6 Å². The third-order valence-electron chi connectivity index (χ3n) is 5.32. The SMILES string of the molecule is CCCCOCC1OC(n2ccc(C#N)c2C(=O)Cl)C(OCCCC)C1OCCCC. The number of ether oxygens (including phenoxy) is 4. The first-order chi connectivity index (χ1) is 15.1. The van der Waals surface area contributed by atoms with Crippen molar-refractivity contribution in [1.82, 2.24) is 4.57 Å². The van der Waals surface area contributed by atoms with Gasteiger partial charge in [0.05, 0.1) is 12.2 Å². The molecule has 1 saturated heterocycles. The zero-order valence-electron chi connectivity index (χ0n) is 18.8. The van der Waals surface area contributed by atoms with Crippen LogP contribution in [-0.4, -0.2) is 54.5 Å². The highest BCUT2D eigenvalue weighted by Crippen LogP contribution is 2.36. The second-order valence-electron chi connectivity index (χ2n) is 7.74. The molecule has 2 rings (SSSR count). The van der Waals surface area contributed by atoms with Crippen molar-refractivity contribution in [1.29, 1.82) is 5.26 Å². The molecule has 0 N–H and O–H groups in total. The van der Waals surface area contributed by atoms with Gasteiger partial charge in [0, 0.05) is 26.0 Å². The molecule has 0 bridgehead atoms. The average Bonchev–Trinajstić information content (AvgIpc) is 3.33. The van der Waals surface area contributed by atoms with Gasteiger partial charge >= 0.3 is 0 Å². The van der Waals surface area contributed by atoms with Crippen molar-refractivity contribution in [2.75, 3.05) is 26.4 Å². The number of unbranched alkanes of at least 4 members (excludes halogenated alkanes) is 3. The van der Waals surface area contributed by atoms with E-state index in [0.717, 1.165) is 38.5 Å². The lowest BCUT2D eigenvalue weighted by Gasteiger charge is -2.26. The lowest BCUT2D eigenvalue weighted by atomic mass is 10.1. The van der Waals surface area contributed by atoms with Crippen LogP contribution < -0.4 is 0 Å². The van der Waals surface area contributed by atoms with Gasteiger partial charge in [0.15, 0.2) is 6.23 Å². The molecule has 1 aliphatic rings. The lowest BCUT2D eigenvalue weighted by Crippen LogP contribution is -2.39. The molecule has 0 radical (unpaired) electrons. The van der Waals surface area contributed by atoms with E-state index in [2.05, 4.69) is 20.8 Å². The molecule has 0 aromatic carbocycles. The first-order valence-corrected chi connectivity index (χ1v) is 11.7. The van der Waals surface area contributed by atoms with Crippen LogP contribution in [0.15, 0.2) is 12.3 Å². The van der Waals surface area contributed by atoms with Crippen LogP contribution in [-0.2, 0) is 18.9 Å². The van der Waals surface area contributed by atoms with Crippen molar-refractivity contribution >= 4 is 16.8 Å². The number of carbonyl (C=O) groups is 1. The Labute approximate surface area is 190 Å². The third kappa shape index (κ3) is 7.03. The quantitative estimate of drug-likeness (QED) is 0.279. The first-order valence-electron chi connectivity index (χ1n) is 11.4. The highest BCUT2D eigenvalue weighted by atomic mass is 35.5. The van der Waals surface area contributed by atoms with Gasteiger partial charge in [-0.1, -0.05) is 40.0 Å². The van der Waals surface area contributed by atoms with Gasteiger partial charge in [-0.3, -0.25) is 4.79 Å². The Morgan fingerprint density at radius 3 is 2.29 bits per heavy atom. The largest absolute Gasteiger partial charge is 0.379 e. The molecule has 8 heteroatoms. The summed E-state index contributed by atoms with van der Waals surface area (Å²) in [6, 6.07) is 3.59. The molecule has 2 heterocycles. The van der Waals surface area contributed by atoms with E-state index in [-0.39, 0.29) is 23.5 Å². The number of rotatable bonds is 15. The number of nitriles is 1. The molecular weight excluding hydrogens is 420 g/mol. The highest BCUT2D eigenvalue weighted by molar-refractivity contribution is 6.67. The minimum absolute atomic E-state index is 0.109. The molecule has 1 fully saturated rings. The molecule has 0 amide bonds. The maximum absolute atomic E-state index is 12.1. The zero-order chi connectivity index (χ0) is 22.6. The zero-order valence-corrected chi connectivity index (χ0v) is 19.6. The normalized spacial score (nSPS) is 23.2. The minimum atomic E-state index is -0.705. The predicted octanol–water partition coefficient (Wildman–Crippen LogP) is 4.82. The molecule has 1 aromatic rings. The number of halogens is 1. The van der Waals surface area contributed by atoms with Gasteiger partial charge in [0.2, 0.25) is 0 Å². The summed E-state index contributed by atoms with van der Waals surface area (Å²) >= 11 is 5.82. The molecule has 4 atom stereocenters. The molecule has 31 heavy (non-hydrogen) atoms. The van der Waals surface area contributed by atoms with Crippen LogP contribution >= 0.6 is 11.6 Å². The van der Waals surface area contributed by atoms with Gasteiger partial charge in [0.1, 0.15) is 30.1 Å². The van der Waals surface area contributed by atoms with Crippen LogP contribution in [0.2, 0.25) is 0 Å². The van der Waals surface area contributed by atoms with Crippen molar-refractivity contribution in [2.24, 2.45) is 0 Å². The van der Waals surface area contributed by atoms with Crippen LogP contribution in [0.1, 0.15) is 81.6 Å². The van der Waals surface area contributed by atoms with Crippen molar-refractivity contribution in [3.63, 3.8) is 0 Å². The molecular formula is C23H35ClN2O5. The number of hydrogen-bond donors (Lipinski definition) is 0. The first kappa shape index (κ1) is 25.8. The van der Waals surface area contributed by atoms with Gasteiger partial charge in [0.25, 0.3) is 5.24 Å². The Bertz CT molecular complexity index is 717. The number of nitrogens with zero attached hydrogens (tertiary/aromatic N) is 2. The van der Waals surface area contributed by atoms with Crippen LogP contribution in [0, 0.1) is 11.3 Å². The van der Waals surface area contributed by atoms with E-state index in [1.54, 1.807) is 16.8 Å². The van der Waals surface area contributed by atoms with Gasteiger partial charge in [-0.2, -0.15) is 5.26 Å². The average molecular weight is 455 g/mol. The number of aromatic nitrogens is 1. The summed E-state index contributed by atoms with van der Waals surface area (Å²) in [5.74, 6) is 0. The van der Waals surface area contributed by atoms with E-state index in [9.17, 15) is 10.1 Å². The maximum atomic E-state index is 12.1. The van der Waals surface area contributed by atoms with Gasteiger partial charge < -0.3 is 23.5 Å². The Balaban J connectivity index is 2.31. The van der Waals surface area contributed by atoms with E-state index in [1.807, 2.05) is 6.07 Å². The summed E-state index contributed by atoms with van der Waals surface area (Å²) in [6.45, 7) is 8.49. The second kappa shape index (κ2) is 13.9. The molecule has 7 nitrogen and oxygen atoms in total. The van der Waals surface area contributed by atoms with Crippen LogP contribution in [0.5, 0.6) is 0 Å². The predicted molar refractivity (Wildman–Crippen MR) is 118 cm³/mol. The summed E-state index contributed by atoms with van der Waals surface area (Å²) in [7, 11) is 0. The Morgan fingerprint density at radius 1 is 1.10 bits per heavy atom. The van der Waals surface area contributed by atoms with E-state index in [0.29, 0.717) is 26.4 Å². The van der Waals surface area contributed by atoms with Crippen molar-refractivity contribution < 1.29 is 23.7 Å². The smallest absolute Gasteiger partial charge is 0.270 e. The molecule has 4 unspecified atom stereocenters. The summed E-state index contributed by atoms with van der Waals surface area (Å²) in [5.41, 5.74) is 0.320. The van der Waals surface area contributed by atoms with Crippen molar-refractivity contribution in [3.05, 3.63) is 23.5 Å². The molecule has 0 spiro atoms. The van der Waals surface area contributed by atoms with Crippen molar-refractivity contribution in [3.8, 4) is 6.07 Å². The number of carbonyl (C=O) groups excluding carboxylic acids is 1. The van der Waals surface area contributed by atoms with Crippen LogP contribution in [0.4, 0.5) is 0 Å². The third-order valence-corrected chi connectivity index (χ3v) is 5.50. The summed E-state index contributed by atoms with van der Waals surface area (Å²) < 4.78 is 26.2. The second-order valence-corrected chi connectivity index (χ2v) is 8.09. The fraction of sp³-hybridized carbons (Fsp3) is 0.739. The highest BCUT2D eigenvalue weighted by Gasteiger charge is 2.48. The summed E-state index contributed by atoms with van der Waals surface area (Å²) in [4.78, 5) is 12.1. The molecule has 1 aliphatic heterocycles. The minimum Gasteiger partial charge on any atom is -0.379 e. The molecule has 1 aromatic heterocycles. The van der Waals surface area contributed by atoms with Gasteiger partial charge in [-0.05, 0) is 36.9 Å². The number of hydrogen-bond acceptors (Lipinski definition) is 6. The maximum Gasteiger partial charge on any atom is 0.270 e. The standard InChI is InChI=1S/C23H35ClN2O5/c1-4-7-12-28-16-18-20(29-13-8-5-2)21(30-14-9-6-3)23(31-18)26-11-10-17(15-25)19(26)22(24)27/h10-11,18,20-21,23H,4-9,12-14,16H2,1-3H3. The van der Waals surface area contributed by atoms with E-state index in [1.165, 1.54) is 0 Å². The van der Waals surface area contributed by atoms with E-state index >= 15 is 0 Å². The lowest BCUT2D eigenvalue weighted by molar-refractivity contribution is -0.0809. The molecule has 0 saturated carbocycles. The molecule has 174 valence electrons. The fourth-order valence-electron chi connectivity index (χ4n) is 3.58. The van der Waals surface area contributed by atoms with Crippen molar-refractivity contribution in [2.45, 2.75) is 83.8 Å². The Morgan fingerprint density at radius 2 is 1.71 bits per heavy atom. The topological polar surface area (TPSA) is 82.7 Å². The molecule has 0 aliphatic carbocycles. The monoisotopic (exact) mass is 454 g/mol. The summed E-state index contributed by atoms with van der Waals surface area (Å²) in [6.07, 6.45) is 5.74. The van der Waals surface area contributed by atoms with E-state index in [4.69, 9.17) is 30.5 Å². The Hall–Kier alpha value is -1.43. The van der Waals surface area contributed by atoms with Crippen LogP contribution in [0.25, 0.3) is 0 Å². The van der Waals surface area contributed by atoms with Crippen LogP contribution in [0.3, 0.4) is 0 Å². The Kier molecular flexibility index (Phi) is 11.6.